The van der Waals surface area contributed by atoms with Crippen molar-refractivity contribution in [2.75, 3.05) is 9.80 Å². The molecule has 6 rings (SSSR count). The van der Waals surface area contributed by atoms with Crippen LogP contribution < -0.4 is 9.80 Å². The molecular formula is C26H26N4. The van der Waals surface area contributed by atoms with Gasteiger partial charge in [-0.05, 0) is 78.3 Å². The number of pyridine rings is 1. The second-order valence-electron chi connectivity index (χ2n) is 8.69. The molecule has 4 heteroatoms. The predicted molar refractivity (Wildman–Crippen MR) is 123 cm³/mol. The zero-order valence-corrected chi connectivity index (χ0v) is 17.1. The molecule has 2 fully saturated rings. The first-order chi connectivity index (χ1) is 14.8. The van der Waals surface area contributed by atoms with Gasteiger partial charge in [-0.25, -0.2) is 4.98 Å². The SMILES string of the molecule is C1=NCc2cc(-c3cccc(CN(c4ccccn4)C4CC4)c3)ccc2N1C1CC1. The van der Waals surface area contributed by atoms with Crippen LogP contribution in [0.2, 0.25) is 0 Å². The van der Waals surface area contributed by atoms with Gasteiger partial charge in [0, 0.05) is 30.5 Å². The molecule has 2 aromatic carbocycles. The van der Waals surface area contributed by atoms with Gasteiger partial charge in [-0.2, -0.15) is 0 Å². The summed E-state index contributed by atoms with van der Waals surface area (Å²) in [4.78, 5) is 14.0. The minimum absolute atomic E-state index is 0.624. The normalized spacial score (nSPS) is 17.7. The van der Waals surface area contributed by atoms with Crippen LogP contribution in [0.15, 0.2) is 71.9 Å². The average molecular weight is 395 g/mol. The molecule has 1 aliphatic heterocycles. The van der Waals surface area contributed by atoms with Gasteiger partial charge < -0.3 is 9.80 Å². The number of hydrogen-bond donors (Lipinski definition) is 0. The molecule has 2 saturated carbocycles. The highest BCUT2D eigenvalue weighted by atomic mass is 15.2. The third-order valence-corrected chi connectivity index (χ3v) is 6.31. The first kappa shape index (κ1) is 17.7. The monoisotopic (exact) mass is 394 g/mol. The third-order valence-electron chi connectivity index (χ3n) is 6.31. The van der Waals surface area contributed by atoms with E-state index in [1.807, 2.05) is 18.6 Å². The lowest BCUT2D eigenvalue weighted by molar-refractivity contribution is 0.778. The van der Waals surface area contributed by atoms with Crippen LogP contribution in [0.5, 0.6) is 0 Å². The van der Waals surface area contributed by atoms with E-state index in [0.29, 0.717) is 12.1 Å². The highest BCUT2D eigenvalue weighted by Crippen LogP contribution is 2.37. The van der Waals surface area contributed by atoms with Gasteiger partial charge in [-0.1, -0.05) is 30.3 Å². The van der Waals surface area contributed by atoms with Crippen LogP contribution in [0.4, 0.5) is 11.5 Å². The van der Waals surface area contributed by atoms with E-state index in [-0.39, 0.29) is 0 Å². The third kappa shape index (κ3) is 3.47. The molecule has 3 aromatic rings. The molecule has 0 spiro atoms. The molecule has 0 saturated heterocycles. The summed E-state index contributed by atoms with van der Waals surface area (Å²) in [7, 11) is 0. The standard InChI is InChI=1S/C26H26N4/c1-2-13-28-26(6-1)29(23-8-9-23)17-19-4-3-5-20(14-19)21-7-12-25-22(15-21)16-27-18-30(25)24-10-11-24/h1-7,12-15,18,23-24H,8-11,16-17H2. The molecule has 0 N–H and O–H groups in total. The van der Waals surface area contributed by atoms with E-state index in [9.17, 15) is 0 Å². The van der Waals surface area contributed by atoms with E-state index in [2.05, 4.69) is 74.4 Å². The van der Waals surface area contributed by atoms with Crippen molar-refractivity contribution < 1.29 is 0 Å². The fourth-order valence-corrected chi connectivity index (χ4v) is 4.43. The molecule has 2 heterocycles. The van der Waals surface area contributed by atoms with Crippen LogP contribution in [0.1, 0.15) is 36.8 Å². The summed E-state index contributed by atoms with van der Waals surface area (Å²) in [6.07, 6.45) is 9.01. The lowest BCUT2D eigenvalue weighted by atomic mass is 9.99. The fourth-order valence-electron chi connectivity index (χ4n) is 4.43. The maximum atomic E-state index is 4.60. The van der Waals surface area contributed by atoms with Crippen LogP contribution >= 0.6 is 0 Å². The molecule has 3 aliphatic rings. The van der Waals surface area contributed by atoms with Crippen LogP contribution in [0, 0.1) is 0 Å². The van der Waals surface area contributed by atoms with Gasteiger partial charge >= 0.3 is 0 Å². The largest absolute Gasteiger partial charge is 0.349 e. The second-order valence-corrected chi connectivity index (χ2v) is 8.69. The summed E-state index contributed by atoms with van der Waals surface area (Å²) >= 11 is 0. The van der Waals surface area contributed by atoms with E-state index in [0.717, 1.165) is 18.9 Å². The van der Waals surface area contributed by atoms with Crippen molar-refractivity contribution in [3.8, 4) is 11.1 Å². The van der Waals surface area contributed by atoms with Crippen LogP contribution in [0.3, 0.4) is 0 Å². The zero-order chi connectivity index (χ0) is 19.9. The molecule has 0 amide bonds. The van der Waals surface area contributed by atoms with E-state index in [4.69, 9.17) is 0 Å². The second kappa shape index (κ2) is 7.28. The first-order valence-corrected chi connectivity index (χ1v) is 11.0. The molecule has 0 atom stereocenters. The van der Waals surface area contributed by atoms with Crippen molar-refractivity contribution in [3.63, 3.8) is 0 Å². The topological polar surface area (TPSA) is 31.7 Å². The van der Waals surface area contributed by atoms with Crippen molar-refractivity contribution >= 4 is 17.8 Å². The summed E-state index contributed by atoms with van der Waals surface area (Å²) < 4.78 is 0. The van der Waals surface area contributed by atoms with Gasteiger partial charge in [0.05, 0.1) is 12.9 Å². The first-order valence-electron chi connectivity index (χ1n) is 11.0. The van der Waals surface area contributed by atoms with Crippen molar-refractivity contribution in [2.24, 2.45) is 4.99 Å². The minimum Gasteiger partial charge on any atom is -0.349 e. The van der Waals surface area contributed by atoms with Crippen LogP contribution in [0.25, 0.3) is 11.1 Å². The van der Waals surface area contributed by atoms with Gasteiger partial charge in [-0.15, -0.1) is 0 Å². The van der Waals surface area contributed by atoms with E-state index in [1.165, 1.54) is 53.6 Å². The van der Waals surface area contributed by atoms with Crippen molar-refractivity contribution in [1.29, 1.82) is 0 Å². The number of benzene rings is 2. The van der Waals surface area contributed by atoms with Gasteiger partial charge in [0.25, 0.3) is 0 Å². The van der Waals surface area contributed by atoms with Gasteiger partial charge in [-0.3, -0.25) is 4.99 Å². The Hall–Kier alpha value is -3.14. The lowest BCUT2D eigenvalue weighted by Gasteiger charge is -2.26. The smallest absolute Gasteiger partial charge is 0.129 e. The van der Waals surface area contributed by atoms with Crippen molar-refractivity contribution in [1.82, 2.24) is 4.98 Å². The molecule has 30 heavy (non-hydrogen) atoms. The number of fused-ring (bicyclic) bond motifs is 1. The molecule has 0 bridgehead atoms. The Labute approximate surface area is 177 Å². The molecule has 0 unspecified atom stereocenters. The van der Waals surface area contributed by atoms with E-state index >= 15 is 0 Å². The van der Waals surface area contributed by atoms with Crippen molar-refractivity contribution in [3.05, 3.63) is 78.0 Å². The summed E-state index contributed by atoms with van der Waals surface area (Å²) in [5.41, 5.74) is 6.56. The maximum absolute atomic E-state index is 4.60. The molecule has 150 valence electrons. The Kier molecular flexibility index (Phi) is 4.29. The Morgan fingerprint density at radius 3 is 2.60 bits per heavy atom. The fraction of sp³-hybridized carbons (Fsp3) is 0.308. The van der Waals surface area contributed by atoms with Gasteiger partial charge in [0.2, 0.25) is 0 Å². The number of hydrogen-bond acceptors (Lipinski definition) is 4. The Bertz CT molecular complexity index is 1080. The Morgan fingerprint density at radius 2 is 1.80 bits per heavy atom. The zero-order valence-electron chi connectivity index (χ0n) is 17.1. The van der Waals surface area contributed by atoms with Gasteiger partial charge in [0.15, 0.2) is 0 Å². The molecule has 4 nitrogen and oxygen atoms in total. The number of rotatable bonds is 6. The van der Waals surface area contributed by atoms with Crippen LogP contribution in [-0.4, -0.2) is 23.4 Å². The predicted octanol–water partition coefficient (Wildman–Crippen LogP) is 5.43. The summed E-state index contributed by atoms with van der Waals surface area (Å²) in [6.45, 7) is 1.68. The summed E-state index contributed by atoms with van der Waals surface area (Å²) in [5.74, 6) is 1.08. The number of aliphatic imine (C=N–C) groups is 1. The van der Waals surface area contributed by atoms with E-state index < -0.39 is 0 Å². The lowest BCUT2D eigenvalue weighted by Crippen LogP contribution is -2.27. The molecular weight excluding hydrogens is 368 g/mol. The highest BCUT2D eigenvalue weighted by molar-refractivity contribution is 5.85. The Balaban J connectivity index is 1.27. The molecule has 1 aromatic heterocycles. The quantitative estimate of drug-likeness (QED) is 0.559. The number of anilines is 2. The minimum atomic E-state index is 0.624. The summed E-state index contributed by atoms with van der Waals surface area (Å²) in [6, 6.07) is 23.3. The Morgan fingerprint density at radius 1 is 0.900 bits per heavy atom. The summed E-state index contributed by atoms with van der Waals surface area (Å²) in [5, 5.41) is 0. The van der Waals surface area contributed by atoms with Crippen LogP contribution in [-0.2, 0) is 13.1 Å². The van der Waals surface area contributed by atoms with Crippen molar-refractivity contribution in [2.45, 2.75) is 50.9 Å². The molecule has 0 radical (unpaired) electrons. The molecule has 2 aliphatic carbocycles. The number of nitrogens with zero attached hydrogens (tertiary/aromatic N) is 4. The van der Waals surface area contributed by atoms with E-state index in [1.54, 1.807) is 0 Å². The highest BCUT2D eigenvalue weighted by Gasteiger charge is 2.31. The van der Waals surface area contributed by atoms with Gasteiger partial charge in [0.1, 0.15) is 5.82 Å². The maximum Gasteiger partial charge on any atom is 0.129 e. The number of aromatic nitrogens is 1. The average Bonchev–Trinajstić information content (AvgIpc) is 3.71.